The van der Waals surface area contributed by atoms with Gasteiger partial charge in [-0.15, -0.1) is 0 Å². The zero-order chi connectivity index (χ0) is 16.7. The fourth-order valence-corrected chi connectivity index (χ4v) is 4.68. The summed E-state index contributed by atoms with van der Waals surface area (Å²) in [5, 5.41) is 0. The molecule has 0 aliphatic carbocycles. The average Bonchev–Trinajstić information content (AvgIpc) is 2.44. The Kier molecular flexibility index (Phi) is 14.8. The van der Waals surface area contributed by atoms with E-state index in [-0.39, 0.29) is 0 Å². The van der Waals surface area contributed by atoms with E-state index in [1.165, 1.54) is 70.6 Å². The van der Waals surface area contributed by atoms with Gasteiger partial charge in [-0.3, -0.25) is 0 Å². The zero-order valence-electron chi connectivity index (χ0n) is 16.1. The van der Waals surface area contributed by atoms with Gasteiger partial charge in [0.05, 0.1) is 0 Å². The van der Waals surface area contributed by atoms with E-state index in [1.807, 2.05) is 0 Å². The van der Waals surface area contributed by atoms with E-state index in [2.05, 4.69) is 33.9 Å². The third-order valence-electron chi connectivity index (χ3n) is 4.13. The van der Waals surface area contributed by atoms with Crippen molar-refractivity contribution in [2.24, 2.45) is 0 Å². The molecule has 0 aliphatic rings. The SMILES string of the molecule is CCCCCCCCCCCCO[Si](C)(C)OC(C)CCC. The lowest BCUT2D eigenvalue weighted by Gasteiger charge is -2.26. The van der Waals surface area contributed by atoms with Gasteiger partial charge in [-0.05, 0) is 32.9 Å². The molecule has 0 spiro atoms. The first-order valence-corrected chi connectivity index (χ1v) is 12.6. The first-order valence-electron chi connectivity index (χ1n) is 9.83. The molecule has 0 heterocycles. The van der Waals surface area contributed by atoms with Crippen LogP contribution >= 0.6 is 0 Å². The Hall–Kier alpha value is 0.137. The molecule has 3 heteroatoms. The molecule has 1 atom stereocenters. The Morgan fingerprint density at radius 2 is 1.23 bits per heavy atom. The Balaban J connectivity index is 3.37. The van der Waals surface area contributed by atoms with Crippen molar-refractivity contribution >= 4 is 8.56 Å². The molecule has 22 heavy (non-hydrogen) atoms. The predicted molar refractivity (Wildman–Crippen MR) is 101 cm³/mol. The van der Waals surface area contributed by atoms with Crippen LogP contribution in [0.4, 0.5) is 0 Å². The highest BCUT2D eigenvalue weighted by Gasteiger charge is 2.26. The topological polar surface area (TPSA) is 18.5 Å². The highest BCUT2D eigenvalue weighted by Crippen LogP contribution is 2.15. The fourth-order valence-electron chi connectivity index (χ4n) is 2.89. The van der Waals surface area contributed by atoms with Gasteiger partial charge in [-0.25, -0.2) is 0 Å². The molecule has 0 aromatic rings. The summed E-state index contributed by atoms with van der Waals surface area (Å²) in [5.41, 5.74) is 0. The summed E-state index contributed by atoms with van der Waals surface area (Å²) < 4.78 is 12.1. The van der Waals surface area contributed by atoms with Crippen LogP contribution in [0.15, 0.2) is 0 Å². The second-order valence-electron chi connectivity index (χ2n) is 7.15. The fraction of sp³-hybridized carbons (Fsp3) is 1.00. The van der Waals surface area contributed by atoms with Gasteiger partial charge in [-0.2, -0.15) is 0 Å². The molecule has 1 unspecified atom stereocenters. The van der Waals surface area contributed by atoms with E-state index in [0.717, 1.165) is 13.0 Å². The minimum absolute atomic E-state index is 0.347. The largest absolute Gasteiger partial charge is 0.395 e. The molecular weight excluding hydrogens is 288 g/mol. The minimum atomic E-state index is -1.90. The first-order chi connectivity index (χ1) is 10.5. The molecule has 0 amide bonds. The molecular formula is C19H42O2Si. The molecule has 134 valence electrons. The molecule has 0 rings (SSSR count). The van der Waals surface area contributed by atoms with Gasteiger partial charge in [0.2, 0.25) is 0 Å². The number of rotatable bonds is 16. The van der Waals surface area contributed by atoms with E-state index in [9.17, 15) is 0 Å². The zero-order valence-corrected chi connectivity index (χ0v) is 17.1. The normalized spacial score (nSPS) is 13.5. The van der Waals surface area contributed by atoms with Crippen LogP contribution in [-0.2, 0) is 8.85 Å². The van der Waals surface area contributed by atoms with Crippen LogP contribution in [0.3, 0.4) is 0 Å². The van der Waals surface area contributed by atoms with Crippen molar-refractivity contribution in [1.29, 1.82) is 0 Å². The smallest absolute Gasteiger partial charge is 0.331 e. The van der Waals surface area contributed by atoms with E-state index in [1.54, 1.807) is 0 Å². The van der Waals surface area contributed by atoms with Crippen LogP contribution in [0, 0.1) is 0 Å². The average molecular weight is 331 g/mol. The summed E-state index contributed by atoms with van der Waals surface area (Å²) >= 11 is 0. The highest BCUT2D eigenvalue weighted by atomic mass is 28.4. The second kappa shape index (κ2) is 14.7. The molecule has 0 saturated heterocycles. The minimum Gasteiger partial charge on any atom is -0.395 e. The summed E-state index contributed by atoms with van der Waals surface area (Å²) in [6.07, 6.45) is 16.4. The monoisotopic (exact) mass is 330 g/mol. The van der Waals surface area contributed by atoms with E-state index in [4.69, 9.17) is 8.85 Å². The maximum absolute atomic E-state index is 6.09. The molecule has 2 nitrogen and oxygen atoms in total. The maximum Gasteiger partial charge on any atom is 0.331 e. The molecule has 0 fully saturated rings. The van der Waals surface area contributed by atoms with Gasteiger partial charge < -0.3 is 8.85 Å². The second-order valence-corrected chi connectivity index (χ2v) is 10.5. The van der Waals surface area contributed by atoms with E-state index < -0.39 is 8.56 Å². The number of hydrogen-bond acceptors (Lipinski definition) is 2. The van der Waals surface area contributed by atoms with Gasteiger partial charge in [0, 0.05) is 12.7 Å². The highest BCUT2D eigenvalue weighted by molar-refractivity contribution is 6.64. The number of unbranched alkanes of at least 4 members (excludes halogenated alkanes) is 9. The summed E-state index contributed by atoms with van der Waals surface area (Å²) in [6.45, 7) is 11.9. The van der Waals surface area contributed by atoms with Crippen molar-refractivity contribution in [2.75, 3.05) is 6.61 Å². The molecule has 0 saturated carbocycles. The van der Waals surface area contributed by atoms with Crippen molar-refractivity contribution < 1.29 is 8.85 Å². The van der Waals surface area contributed by atoms with Crippen LogP contribution in [-0.4, -0.2) is 21.3 Å². The van der Waals surface area contributed by atoms with Crippen LogP contribution < -0.4 is 0 Å². The van der Waals surface area contributed by atoms with Crippen molar-refractivity contribution in [3.63, 3.8) is 0 Å². The summed E-state index contributed by atoms with van der Waals surface area (Å²) in [7, 11) is -1.90. The lowest BCUT2D eigenvalue weighted by atomic mass is 10.1. The third-order valence-corrected chi connectivity index (χ3v) is 6.00. The summed E-state index contributed by atoms with van der Waals surface area (Å²) in [4.78, 5) is 0. The Morgan fingerprint density at radius 1 is 0.727 bits per heavy atom. The van der Waals surface area contributed by atoms with Crippen LogP contribution in [0.25, 0.3) is 0 Å². The maximum atomic E-state index is 6.09. The van der Waals surface area contributed by atoms with Crippen molar-refractivity contribution in [3.05, 3.63) is 0 Å². The first kappa shape index (κ1) is 22.1. The van der Waals surface area contributed by atoms with E-state index >= 15 is 0 Å². The van der Waals surface area contributed by atoms with Crippen LogP contribution in [0.5, 0.6) is 0 Å². The Labute approximate surface area is 141 Å². The van der Waals surface area contributed by atoms with E-state index in [0.29, 0.717) is 6.10 Å². The van der Waals surface area contributed by atoms with Gasteiger partial charge in [-0.1, -0.05) is 78.1 Å². The third kappa shape index (κ3) is 15.0. The molecule has 0 bridgehead atoms. The molecule has 0 aliphatic heterocycles. The van der Waals surface area contributed by atoms with Crippen molar-refractivity contribution in [2.45, 2.75) is 117 Å². The molecule has 0 N–H and O–H groups in total. The van der Waals surface area contributed by atoms with Crippen LogP contribution in [0.2, 0.25) is 13.1 Å². The summed E-state index contributed by atoms with van der Waals surface area (Å²) in [5.74, 6) is 0. The van der Waals surface area contributed by atoms with Gasteiger partial charge in [0.15, 0.2) is 0 Å². The van der Waals surface area contributed by atoms with Crippen LogP contribution in [0.1, 0.15) is 97.8 Å². The quantitative estimate of drug-likeness (QED) is 0.228. The molecule has 0 aromatic heterocycles. The lowest BCUT2D eigenvalue weighted by Crippen LogP contribution is -2.38. The lowest BCUT2D eigenvalue weighted by molar-refractivity contribution is 0.123. The van der Waals surface area contributed by atoms with Gasteiger partial charge >= 0.3 is 8.56 Å². The van der Waals surface area contributed by atoms with Crippen molar-refractivity contribution in [3.8, 4) is 0 Å². The Morgan fingerprint density at radius 3 is 1.73 bits per heavy atom. The van der Waals surface area contributed by atoms with Crippen molar-refractivity contribution in [1.82, 2.24) is 0 Å². The summed E-state index contributed by atoms with van der Waals surface area (Å²) in [6, 6.07) is 0. The van der Waals surface area contributed by atoms with Gasteiger partial charge in [0.1, 0.15) is 0 Å². The number of hydrogen-bond donors (Lipinski definition) is 0. The molecule has 0 radical (unpaired) electrons. The molecule has 0 aromatic carbocycles. The Bertz CT molecular complexity index is 231. The predicted octanol–water partition coefficient (Wildman–Crippen LogP) is 6.83. The standard InChI is InChI=1S/C19H42O2Si/c1-6-8-9-10-11-12-13-14-15-16-18-20-22(4,5)21-19(3)17-7-2/h19H,6-18H2,1-5H3. The van der Waals surface area contributed by atoms with Gasteiger partial charge in [0.25, 0.3) is 0 Å².